The van der Waals surface area contributed by atoms with Gasteiger partial charge in [-0.2, -0.15) is 0 Å². The van der Waals surface area contributed by atoms with Gasteiger partial charge in [-0.1, -0.05) is 6.42 Å². The molecule has 4 nitrogen and oxygen atoms in total. The standard InChI is InChI=1S/C13H19BrN2O2/c1-16-7-11(14)5-12(16)13(18)15-6-9-3-2-4-10(9)8-17/h5,7,9-10,17H,2-4,6,8H2,1H3,(H,15,18). The summed E-state index contributed by atoms with van der Waals surface area (Å²) in [5.74, 6) is 0.722. The third-order valence-corrected chi connectivity index (χ3v) is 4.21. The molecular formula is C13H19BrN2O2. The van der Waals surface area contributed by atoms with E-state index >= 15 is 0 Å². The van der Waals surface area contributed by atoms with Crippen molar-refractivity contribution in [1.29, 1.82) is 0 Å². The molecule has 1 amide bonds. The molecule has 2 unspecified atom stereocenters. The van der Waals surface area contributed by atoms with Gasteiger partial charge < -0.3 is 15.0 Å². The van der Waals surface area contributed by atoms with Crippen molar-refractivity contribution in [2.24, 2.45) is 18.9 Å². The molecule has 2 rings (SSSR count). The molecule has 1 aliphatic rings. The number of nitrogens with one attached hydrogen (secondary N) is 1. The second-order valence-corrected chi connectivity index (χ2v) is 5.91. The minimum Gasteiger partial charge on any atom is -0.396 e. The number of carbonyl (C=O) groups is 1. The monoisotopic (exact) mass is 314 g/mol. The largest absolute Gasteiger partial charge is 0.396 e. The van der Waals surface area contributed by atoms with Gasteiger partial charge in [-0.25, -0.2) is 0 Å². The predicted molar refractivity (Wildman–Crippen MR) is 73.4 cm³/mol. The van der Waals surface area contributed by atoms with E-state index in [1.165, 1.54) is 0 Å². The summed E-state index contributed by atoms with van der Waals surface area (Å²) in [7, 11) is 1.85. The van der Waals surface area contributed by atoms with Crippen LogP contribution in [0.5, 0.6) is 0 Å². The van der Waals surface area contributed by atoms with Crippen LogP contribution in [0.1, 0.15) is 29.8 Å². The van der Waals surface area contributed by atoms with Crippen molar-refractivity contribution < 1.29 is 9.90 Å². The lowest BCUT2D eigenvalue weighted by Gasteiger charge is -2.17. The number of aromatic nitrogens is 1. The Labute approximate surface area is 116 Å². The number of aryl methyl sites for hydroxylation is 1. The Balaban J connectivity index is 1.90. The fourth-order valence-corrected chi connectivity index (χ4v) is 3.21. The summed E-state index contributed by atoms with van der Waals surface area (Å²) in [6.07, 6.45) is 5.19. The number of aliphatic hydroxyl groups excluding tert-OH is 1. The highest BCUT2D eigenvalue weighted by molar-refractivity contribution is 9.10. The molecule has 0 aliphatic heterocycles. The smallest absolute Gasteiger partial charge is 0.267 e. The van der Waals surface area contributed by atoms with Crippen LogP contribution in [0, 0.1) is 11.8 Å². The van der Waals surface area contributed by atoms with Crippen molar-refractivity contribution in [3.8, 4) is 0 Å². The van der Waals surface area contributed by atoms with Crippen LogP contribution < -0.4 is 5.32 Å². The minimum absolute atomic E-state index is 0.0493. The van der Waals surface area contributed by atoms with E-state index in [9.17, 15) is 9.90 Å². The zero-order chi connectivity index (χ0) is 13.1. The Morgan fingerprint density at radius 3 is 2.89 bits per heavy atom. The summed E-state index contributed by atoms with van der Waals surface area (Å²) in [5.41, 5.74) is 0.653. The number of nitrogens with zero attached hydrogens (tertiary/aromatic N) is 1. The second-order valence-electron chi connectivity index (χ2n) is 5.00. The number of amides is 1. The summed E-state index contributed by atoms with van der Waals surface area (Å²) in [6, 6.07) is 1.81. The highest BCUT2D eigenvalue weighted by Crippen LogP contribution is 2.30. The Morgan fingerprint density at radius 2 is 2.28 bits per heavy atom. The zero-order valence-corrected chi connectivity index (χ0v) is 12.1. The van der Waals surface area contributed by atoms with Crippen molar-refractivity contribution >= 4 is 21.8 Å². The van der Waals surface area contributed by atoms with E-state index in [-0.39, 0.29) is 12.5 Å². The summed E-state index contributed by atoms with van der Waals surface area (Å²) in [5, 5.41) is 12.2. The molecule has 18 heavy (non-hydrogen) atoms. The lowest BCUT2D eigenvalue weighted by molar-refractivity contribution is 0.0929. The second kappa shape index (κ2) is 5.89. The first kappa shape index (κ1) is 13.6. The molecule has 1 aromatic rings. The maximum atomic E-state index is 12.0. The molecule has 0 saturated heterocycles. The molecule has 1 heterocycles. The molecule has 1 fully saturated rings. The first-order chi connectivity index (χ1) is 8.61. The Hall–Kier alpha value is -0.810. The van der Waals surface area contributed by atoms with Crippen molar-refractivity contribution in [3.05, 3.63) is 22.4 Å². The number of rotatable bonds is 4. The zero-order valence-electron chi connectivity index (χ0n) is 10.5. The number of aliphatic hydroxyl groups is 1. The van der Waals surface area contributed by atoms with Gasteiger partial charge >= 0.3 is 0 Å². The summed E-state index contributed by atoms with van der Waals surface area (Å²) >= 11 is 3.36. The Kier molecular flexibility index (Phi) is 4.45. The quantitative estimate of drug-likeness (QED) is 0.892. The molecule has 1 aromatic heterocycles. The molecule has 0 spiro atoms. The van der Waals surface area contributed by atoms with E-state index in [2.05, 4.69) is 21.2 Å². The number of hydrogen-bond acceptors (Lipinski definition) is 2. The van der Waals surface area contributed by atoms with Crippen LogP contribution in [-0.2, 0) is 7.05 Å². The molecule has 0 bridgehead atoms. The Morgan fingerprint density at radius 1 is 1.56 bits per heavy atom. The summed E-state index contributed by atoms with van der Waals surface area (Å²) < 4.78 is 2.71. The molecule has 2 N–H and O–H groups in total. The fraction of sp³-hybridized carbons (Fsp3) is 0.615. The highest BCUT2D eigenvalue weighted by atomic mass is 79.9. The molecule has 0 aromatic carbocycles. The predicted octanol–water partition coefficient (Wildman–Crippen LogP) is 1.93. The van der Waals surface area contributed by atoms with Crippen molar-refractivity contribution in [3.63, 3.8) is 0 Å². The van der Waals surface area contributed by atoms with Crippen LogP contribution in [-0.4, -0.2) is 28.7 Å². The average molecular weight is 315 g/mol. The molecule has 1 aliphatic carbocycles. The number of carbonyl (C=O) groups excluding carboxylic acids is 1. The van der Waals surface area contributed by atoms with E-state index in [4.69, 9.17) is 0 Å². The SMILES string of the molecule is Cn1cc(Br)cc1C(=O)NCC1CCCC1CO. The van der Waals surface area contributed by atoms with E-state index in [0.717, 1.165) is 23.7 Å². The van der Waals surface area contributed by atoms with Gasteiger partial charge in [0.2, 0.25) is 0 Å². The molecule has 0 radical (unpaired) electrons. The molecule has 2 atom stereocenters. The third kappa shape index (κ3) is 2.95. The van der Waals surface area contributed by atoms with Crippen LogP contribution >= 0.6 is 15.9 Å². The van der Waals surface area contributed by atoms with Crippen LogP contribution in [0.2, 0.25) is 0 Å². The van der Waals surface area contributed by atoms with Gasteiger partial charge in [0.25, 0.3) is 5.91 Å². The minimum atomic E-state index is -0.0493. The van der Waals surface area contributed by atoms with Gasteiger partial charge in [-0.05, 0) is 46.7 Å². The first-order valence-corrected chi connectivity index (χ1v) is 7.12. The van der Waals surface area contributed by atoms with Gasteiger partial charge in [0.05, 0.1) is 0 Å². The lowest BCUT2D eigenvalue weighted by atomic mass is 9.97. The van der Waals surface area contributed by atoms with Crippen molar-refractivity contribution in [2.45, 2.75) is 19.3 Å². The molecule has 5 heteroatoms. The van der Waals surface area contributed by atoms with Crippen LogP contribution in [0.4, 0.5) is 0 Å². The van der Waals surface area contributed by atoms with E-state index in [1.807, 2.05) is 19.3 Å². The fourth-order valence-electron chi connectivity index (χ4n) is 2.69. The average Bonchev–Trinajstić information content (AvgIpc) is 2.92. The van der Waals surface area contributed by atoms with E-state index < -0.39 is 0 Å². The number of hydrogen-bond donors (Lipinski definition) is 2. The number of halogens is 1. The maximum Gasteiger partial charge on any atom is 0.267 e. The third-order valence-electron chi connectivity index (χ3n) is 3.78. The van der Waals surface area contributed by atoms with Crippen LogP contribution in [0.25, 0.3) is 0 Å². The van der Waals surface area contributed by atoms with Gasteiger partial charge in [0.1, 0.15) is 5.69 Å². The van der Waals surface area contributed by atoms with Crippen molar-refractivity contribution in [1.82, 2.24) is 9.88 Å². The maximum absolute atomic E-state index is 12.0. The summed E-state index contributed by atoms with van der Waals surface area (Å²) in [4.78, 5) is 12.0. The van der Waals surface area contributed by atoms with E-state index in [1.54, 1.807) is 4.57 Å². The molecule has 100 valence electrons. The van der Waals surface area contributed by atoms with Gasteiger partial charge in [-0.15, -0.1) is 0 Å². The van der Waals surface area contributed by atoms with Crippen molar-refractivity contribution in [2.75, 3.05) is 13.2 Å². The Bertz CT molecular complexity index is 431. The molecule has 1 saturated carbocycles. The van der Waals surface area contributed by atoms with Crippen LogP contribution in [0.15, 0.2) is 16.7 Å². The van der Waals surface area contributed by atoms with E-state index in [0.29, 0.717) is 24.1 Å². The van der Waals surface area contributed by atoms with Gasteiger partial charge in [0.15, 0.2) is 0 Å². The summed E-state index contributed by atoms with van der Waals surface area (Å²) in [6.45, 7) is 0.892. The van der Waals surface area contributed by atoms with Crippen LogP contribution in [0.3, 0.4) is 0 Å². The van der Waals surface area contributed by atoms with Gasteiger partial charge in [-0.3, -0.25) is 4.79 Å². The highest BCUT2D eigenvalue weighted by Gasteiger charge is 2.27. The first-order valence-electron chi connectivity index (χ1n) is 6.32. The molecular weight excluding hydrogens is 296 g/mol. The normalized spacial score (nSPS) is 23.3. The lowest BCUT2D eigenvalue weighted by Crippen LogP contribution is -2.32. The topological polar surface area (TPSA) is 54.3 Å². The van der Waals surface area contributed by atoms with Gasteiger partial charge in [0, 0.05) is 30.9 Å².